The van der Waals surface area contributed by atoms with Gasteiger partial charge in [-0.25, -0.2) is 9.97 Å². The van der Waals surface area contributed by atoms with Crippen molar-refractivity contribution in [2.24, 2.45) is 0 Å². The highest BCUT2D eigenvalue weighted by Gasteiger charge is 2.11. The monoisotopic (exact) mass is 317 g/mol. The molecule has 1 heterocycles. The van der Waals surface area contributed by atoms with Gasteiger partial charge in [-0.1, -0.05) is 35.3 Å². The molecule has 16 heavy (non-hydrogen) atoms. The van der Waals surface area contributed by atoms with Crippen LogP contribution >= 0.6 is 39.1 Å². The van der Waals surface area contributed by atoms with Crippen molar-refractivity contribution in [2.45, 2.75) is 0 Å². The summed E-state index contributed by atoms with van der Waals surface area (Å²) in [6.07, 6.45) is 0. The molecular weight excluding hydrogens is 313 g/mol. The number of benzene rings is 1. The molecule has 0 amide bonds. The van der Waals surface area contributed by atoms with Crippen LogP contribution in [0.15, 0.2) is 28.7 Å². The highest BCUT2D eigenvalue weighted by molar-refractivity contribution is 9.10. The number of hydrogen-bond donors (Lipinski definition) is 1. The number of nitrogens with two attached hydrogens (primary N) is 1. The van der Waals surface area contributed by atoms with Gasteiger partial charge < -0.3 is 5.73 Å². The van der Waals surface area contributed by atoms with Crippen molar-refractivity contribution in [3.05, 3.63) is 38.9 Å². The van der Waals surface area contributed by atoms with E-state index in [0.29, 0.717) is 15.2 Å². The Morgan fingerprint density at radius 1 is 1.06 bits per heavy atom. The Morgan fingerprint density at radius 2 is 1.69 bits per heavy atom. The maximum atomic E-state index is 5.90. The smallest absolute Gasteiger partial charge is 0.222 e. The minimum atomic E-state index is 0.137. The van der Waals surface area contributed by atoms with Gasteiger partial charge in [0.1, 0.15) is 5.15 Å². The largest absolute Gasteiger partial charge is 0.368 e. The zero-order chi connectivity index (χ0) is 11.7. The maximum Gasteiger partial charge on any atom is 0.222 e. The number of nitrogen functional groups attached to an aromatic ring is 1. The second-order valence-electron chi connectivity index (χ2n) is 3.04. The number of halogens is 3. The lowest BCUT2D eigenvalue weighted by Crippen LogP contribution is -1.98. The molecule has 0 aliphatic rings. The van der Waals surface area contributed by atoms with Crippen LogP contribution in [0.2, 0.25) is 10.2 Å². The standard InChI is InChI=1S/C10H6BrCl2N3/c11-7-8(15-10(14)16-9(7)13)5-1-3-6(12)4-2-5/h1-4H,(H2,14,15,16). The summed E-state index contributed by atoms with van der Waals surface area (Å²) in [5, 5.41) is 0.949. The van der Waals surface area contributed by atoms with E-state index >= 15 is 0 Å². The molecule has 2 aromatic rings. The van der Waals surface area contributed by atoms with Crippen LogP contribution in [-0.4, -0.2) is 9.97 Å². The first-order valence-electron chi connectivity index (χ1n) is 4.32. The van der Waals surface area contributed by atoms with Crippen molar-refractivity contribution in [1.29, 1.82) is 0 Å². The van der Waals surface area contributed by atoms with Crippen LogP contribution in [0.25, 0.3) is 11.3 Å². The zero-order valence-corrected chi connectivity index (χ0v) is 11.0. The summed E-state index contributed by atoms with van der Waals surface area (Å²) < 4.78 is 0.616. The molecular formula is C10H6BrCl2N3. The lowest BCUT2D eigenvalue weighted by Gasteiger charge is -2.06. The molecule has 0 fully saturated rings. The summed E-state index contributed by atoms with van der Waals surface area (Å²) in [4.78, 5) is 7.96. The molecule has 0 unspecified atom stereocenters. The molecule has 82 valence electrons. The molecule has 1 aromatic carbocycles. The van der Waals surface area contributed by atoms with Gasteiger partial charge in [0, 0.05) is 10.6 Å². The van der Waals surface area contributed by atoms with Crippen molar-refractivity contribution in [1.82, 2.24) is 9.97 Å². The normalized spacial score (nSPS) is 10.4. The van der Waals surface area contributed by atoms with E-state index in [2.05, 4.69) is 25.9 Å². The summed E-state index contributed by atoms with van der Waals surface area (Å²) in [5.74, 6) is 0.137. The molecule has 0 atom stereocenters. The third kappa shape index (κ3) is 2.29. The van der Waals surface area contributed by atoms with E-state index in [1.165, 1.54) is 0 Å². The average Bonchev–Trinajstić information content (AvgIpc) is 2.25. The summed E-state index contributed by atoms with van der Waals surface area (Å²) in [5.41, 5.74) is 7.06. The van der Waals surface area contributed by atoms with E-state index in [9.17, 15) is 0 Å². The highest BCUT2D eigenvalue weighted by Crippen LogP contribution is 2.32. The molecule has 1 aromatic heterocycles. The Hall–Kier alpha value is -0.840. The first-order chi connectivity index (χ1) is 7.58. The summed E-state index contributed by atoms with van der Waals surface area (Å²) >= 11 is 15.0. The molecule has 0 aliphatic heterocycles. The molecule has 0 saturated heterocycles. The van der Waals surface area contributed by atoms with E-state index in [1.807, 2.05) is 12.1 Å². The van der Waals surface area contributed by atoms with Crippen LogP contribution in [0.4, 0.5) is 5.95 Å². The number of anilines is 1. The fraction of sp³-hybridized carbons (Fsp3) is 0. The van der Waals surface area contributed by atoms with Crippen molar-refractivity contribution in [2.75, 3.05) is 5.73 Å². The zero-order valence-electron chi connectivity index (χ0n) is 7.92. The van der Waals surface area contributed by atoms with Crippen LogP contribution in [0.1, 0.15) is 0 Å². The molecule has 0 bridgehead atoms. The van der Waals surface area contributed by atoms with Crippen molar-refractivity contribution in [3.8, 4) is 11.3 Å². The van der Waals surface area contributed by atoms with E-state index in [0.717, 1.165) is 5.56 Å². The van der Waals surface area contributed by atoms with Crippen molar-refractivity contribution < 1.29 is 0 Å². The second-order valence-corrected chi connectivity index (χ2v) is 4.63. The minimum absolute atomic E-state index is 0.137. The SMILES string of the molecule is Nc1nc(Cl)c(Br)c(-c2ccc(Cl)cc2)n1. The first-order valence-corrected chi connectivity index (χ1v) is 5.87. The summed E-state index contributed by atoms with van der Waals surface area (Å²) in [6.45, 7) is 0. The number of nitrogens with zero attached hydrogens (tertiary/aromatic N) is 2. The van der Waals surface area contributed by atoms with Crippen molar-refractivity contribution >= 4 is 45.1 Å². The number of hydrogen-bond acceptors (Lipinski definition) is 3. The Kier molecular flexibility index (Phi) is 3.33. The van der Waals surface area contributed by atoms with Gasteiger partial charge in [-0.05, 0) is 28.1 Å². The third-order valence-electron chi connectivity index (χ3n) is 1.95. The van der Waals surface area contributed by atoms with Crippen LogP contribution in [-0.2, 0) is 0 Å². The molecule has 2 N–H and O–H groups in total. The molecule has 0 radical (unpaired) electrons. The van der Waals surface area contributed by atoms with Crippen LogP contribution in [0.5, 0.6) is 0 Å². The molecule has 0 spiro atoms. The van der Waals surface area contributed by atoms with E-state index in [-0.39, 0.29) is 11.1 Å². The lowest BCUT2D eigenvalue weighted by molar-refractivity contribution is 1.17. The summed E-state index contributed by atoms with van der Waals surface area (Å²) in [6, 6.07) is 7.22. The van der Waals surface area contributed by atoms with Gasteiger partial charge in [0.05, 0.1) is 10.2 Å². The molecule has 6 heteroatoms. The van der Waals surface area contributed by atoms with E-state index in [1.54, 1.807) is 12.1 Å². The van der Waals surface area contributed by atoms with Gasteiger partial charge in [-0.3, -0.25) is 0 Å². The van der Waals surface area contributed by atoms with Crippen LogP contribution in [0, 0.1) is 0 Å². The maximum absolute atomic E-state index is 5.90. The Labute approximate surface area is 111 Å². The van der Waals surface area contributed by atoms with Gasteiger partial charge in [-0.2, -0.15) is 0 Å². The molecule has 0 aliphatic carbocycles. The quantitative estimate of drug-likeness (QED) is 0.814. The molecule has 2 rings (SSSR count). The predicted octanol–water partition coefficient (Wildman–Crippen LogP) is 3.80. The van der Waals surface area contributed by atoms with Crippen LogP contribution < -0.4 is 5.73 Å². The number of aromatic nitrogens is 2. The van der Waals surface area contributed by atoms with Gasteiger partial charge in [-0.15, -0.1) is 0 Å². The fourth-order valence-electron chi connectivity index (χ4n) is 1.24. The predicted molar refractivity (Wildman–Crippen MR) is 69.6 cm³/mol. The van der Waals surface area contributed by atoms with Gasteiger partial charge in [0.15, 0.2) is 0 Å². The first kappa shape index (κ1) is 11.6. The molecule has 0 saturated carbocycles. The average molecular weight is 319 g/mol. The van der Waals surface area contributed by atoms with Gasteiger partial charge in [0.25, 0.3) is 0 Å². The van der Waals surface area contributed by atoms with Crippen LogP contribution in [0.3, 0.4) is 0 Å². The van der Waals surface area contributed by atoms with E-state index < -0.39 is 0 Å². The Bertz CT molecular complexity index is 528. The minimum Gasteiger partial charge on any atom is -0.368 e. The number of rotatable bonds is 1. The topological polar surface area (TPSA) is 51.8 Å². The van der Waals surface area contributed by atoms with Gasteiger partial charge >= 0.3 is 0 Å². The second kappa shape index (κ2) is 4.57. The van der Waals surface area contributed by atoms with E-state index in [4.69, 9.17) is 28.9 Å². The van der Waals surface area contributed by atoms with Gasteiger partial charge in [0.2, 0.25) is 5.95 Å². The Morgan fingerprint density at radius 3 is 2.31 bits per heavy atom. The third-order valence-corrected chi connectivity index (χ3v) is 3.45. The lowest BCUT2D eigenvalue weighted by atomic mass is 10.1. The Balaban J connectivity index is 2.59. The molecule has 3 nitrogen and oxygen atoms in total. The summed E-state index contributed by atoms with van der Waals surface area (Å²) in [7, 11) is 0. The van der Waals surface area contributed by atoms with Crippen molar-refractivity contribution in [3.63, 3.8) is 0 Å². The fourth-order valence-corrected chi connectivity index (χ4v) is 1.94. The highest BCUT2D eigenvalue weighted by atomic mass is 79.9.